The fourth-order valence-corrected chi connectivity index (χ4v) is 1.27. The molecule has 0 aliphatic carbocycles. The molecule has 4 nitrogen and oxygen atoms in total. The van der Waals surface area contributed by atoms with E-state index in [4.69, 9.17) is 22.0 Å². The Labute approximate surface area is 98.5 Å². The van der Waals surface area contributed by atoms with Crippen LogP contribution in [0.4, 0.5) is 5.69 Å². The van der Waals surface area contributed by atoms with E-state index in [1.165, 1.54) is 0 Å². The van der Waals surface area contributed by atoms with Crippen molar-refractivity contribution >= 4 is 23.3 Å². The van der Waals surface area contributed by atoms with Gasteiger partial charge in [-0.05, 0) is 18.2 Å². The maximum absolute atomic E-state index is 10.6. The smallest absolute Gasteiger partial charge is 0.308 e. The van der Waals surface area contributed by atoms with E-state index >= 15 is 0 Å². The van der Waals surface area contributed by atoms with Crippen molar-refractivity contribution in [3.8, 4) is 6.07 Å². The van der Waals surface area contributed by atoms with E-state index in [0.29, 0.717) is 16.3 Å². The second-order valence-corrected chi connectivity index (χ2v) is 3.83. The minimum atomic E-state index is -0.875. The summed E-state index contributed by atoms with van der Waals surface area (Å²) < 4.78 is 0. The molecule has 0 saturated heterocycles. The van der Waals surface area contributed by atoms with Crippen LogP contribution in [0.1, 0.15) is 12.5 Å². The minimum absolute atomic E-state index is 0.268. The molecule has 2 N–H and O–H groups in total. The van der Waals surface area contributed by atoms with Gasteiger partial charge in [-0.15, -0.1) is 0 Å². The molecule has 84 valence electrons. The highest BCUT2D eigenvalue weighted by molar-refractivity contribution is 6.33. The number of nitrogens with zero attached hydrogens (tertiary/aromatic N) is 1. The van der Waals surface area contributed by atoms with Crippen molar-refractivity contribution in [3.05, 3.63) is 28.8 Å². The second-order valence-electron chi connectivity index (χ2n) is 3.43. The summed E-state index contributed by atoms with van der Waals surface area (Å²) in [5.74, 6) is -1.39. The molecule has 0 heterocycles. The van der Waals surface area contributed by atoms with E-state index in [2.05, 4.69) is 5.32 Å². The van der Waals surface area contributed by atoms with Crippen LogP contribution in [-0.2, 0) is 4.79 Å². The molecule has 5 heteroatoms. The Morgan fingerprint density at radius 1 is 1.69 bits per heavy atom. The Morgan fingerprint density at radius 3 is 2.94 bits per heavy atom. The van der Waals surface area contributed by atoms with Crippen LogP contribution in [0.15, 0.2) is 18.2 Å². The van der Waals surface area contributed by atoms with E-state index in [1.807, 2.05) is 6.07 Å². The number of halogens is 1. The van der Waals surface area contributed by atoms with Crippen molar-refractivity contribution in [2.75, 3.05) is 11.9 Å². The van der Waals surface area contributed by atoms with E-state index in [-0.39, 0.29) is 6.54 Å². The summed E-state index contributed by atoms with van der Waals surface area (Å²) in [6.07, 6.45) is 0. The number of anilines is 1. The van der Waals surface area contributed by atoms with E-state index in [9.17, 15) is 4.79 Å². The average molecular weight is 239 g/mol. The first kappa shape index (κ1) is 12.3. The van der Waals surface area contributed by atoms with Crippen LogP contribution < -0.4 is 5.32 Å². The van der Waals surface area contributed by atoms with Crippen molar-refractivity contribution in [2.24, 2.45) is 5.92 Å². The Hall–Kier alpha value is -1.73. The zero-order valence-corrected chi connectivity index (χ0v) is 9.45. The van der Waals surface area contributed by atoms with Crippen molar-refractivity contribution in [2.45, 2.75) is 6.92 Å². The molecule has 1 aromatic rings. The van der Waals surface area contributed by atoms with Crippen molar-refractivity contribution in [1.82, 2.24) is 0 Å². The minimum Gasteiger partial charge on any atom is -0.481 e. The molecule has 1 rings (SSSR count). The van der Waals surface area contributed by atoms with Gasteiger partial charge in [0.05, 0.1) is 28.3 Å². The number of nitrogens with one attached hydrogen (secondary N) is 1. The average Bonchev–Trinajstić information content (AvgIpc) is 2.27. The number of carbonyl (C=O) groups is 1. The molecule has 0 spiro atoms. The van der Waals surface area contributed by atoms with E-state index < -0.39 is 11.9 Å². The third kappa shape index (κ3) is 3.14. The van der Waals surface area contributed by atoms with Crippen LogP contribution in [-0.4, -0.2) is 17.6 Å². The molecule has 0 aromatic heterocycles. The molecule has 1 atom stereocenters. The Kier molecular flexibility index (Phi) is 4.15. The highest BCUT2D eigenvalue weighted by Gasteiger charge is 2.11. The predicted molar refractivity (Wildman–Crippen MR) is 61.5 cm³/mol. The standard InChI is InChI=1S/C11H11ClN2O2/c1-7(11(15)16)6-14-10-4-8(5-13)2-3-9(10)12/h2-4,7,14H,6H2,1H3,(H,15,16). The van der Waals surface area contributed by atoms with Crippen LogP contribution >= 0.6 is 11.6 Å². The summed E-state index contributed by atoms with van der Waals surface area (Å²) in [5.41, 5.74) is 1.06. The third-order valence-electron chi connectivity index (χ3n) is 2.12. The first-order valence-electron chi connectivity index (χ1n) is 4.71. The van der Waals surface area contributed by atoms with Gasteiger partial charge in [0.2, 0.25) is 0 Å². The number of carboxylic acids is 1. The van der Waals surface area contributed by atoms with Gasteiger partial charge in [0.1, 0.15) is 0 Å². The molecule has 1 aromatic carbocycles. The number of hydrogen-bond acceptors (Lipinski definition) is 3. The molecule has 0 saturated carbocycles. The monoisotopic (exact) mass is 238 g/mol. The van der Waals surface area contributed by atoms with Crippen LogP contribution in [0, 0.1) is 17.2 Å². The largest absolute Gasteiger partial charge is 0.481 e. The SMILES string of the molecule is CC(CNc1cc(C#N)ccc1Cl)C(=O)O. The van der Waals surface area contributed by atoms with Crippen molar-refractivity contribution in [1.29, 1.82) is 5.26 Å². The van der Waals surface area contributed by atoms with E-state index in [0.717, 1.165) is 0 Å². The second kappa shape index (κ2) is 5.38. The first-order valence-corrected chi connectivity index (χ1v) is 5.08. The molecular formula is C11H11ClN2O2. The van der Waals surface area contributed by atoms with Crippen LogP contribution in [0.5, 0.6) is 0 Å². The van der Waals surface area contributed by atoms with Gasteiger partial charge in [0.25, 0.3) is 0 Å². The molecular weight excluding hydrogens is 228 g/mol. The lowest BCUT2D eigenvalue weighted by Gasteiger charge is -2.11. The van der Waals surface area contributed by atoms with E-state index in [1.54, 1.807) is 25.1 Å². The van der Waals surface area contributed by atoms with Crippen molar-refractivity contribution in [3.63, 3.8) is 0 Å². The lowest BCUT2D eigenvalue weighted by Crippen LogP contribution is -2.19. The van der Waals surface area contributed by atoms with Gasteiger partial charge >= 0.3 is 5.97 Å². The number of benzene rings is 1. The summed E-state index contributed by atoms with van der Waals surface area (Å²) in [5, 5.41) is 20.8. The summed E-state index contributed by atoms with van der Waals surface area (Å²) in [6, 6.07) is 6.79. The lowest BCUT2D eigenvalue weighted by molar-refractivity contribution is -0.140. The van der Waals surface area contributed by atoms with Gasteiger partial charge in [0, 0.05) is 6.54 Å². The predicted octanol–water partition coefficient (Wildman–Crippen LogP) is 2.34. The van der Waals surface area contributed by atoms with Gasteiger partial charge in [-0.25, -0.2) is 0 Å². The topological polar surface area (TPSA) is 73.1 Å². The summed E-state index contributed by atoms with van der Waals surface area (Å²) in [4.78, 5) is 10.6. The number of hydrogen-bond donors (Lipinski definition) is 2. The summed E-state index contributed by atoms with van der Waals surface area (Å²) >= 11 is 5.90. The molecule has 16 heavy (non-hydrogen) atoms. The van der Waals surface area contributed by atoms with Crippen LogP contribution in [0.25, 0.3) is 0 Å². The lowest BCUT2D eigenvalue weighted by atomic mass is 10.1. The Morgan fingerprint density at radius 2 is 2.38 bits per heavy atom. The van der Waals surface area contributed by atoms with Crippen molar-refractivity contribution < 1.29 is 9.90 Å². The zero-order chi connectivity index (χ0) is 12.1. The maximum Gasteiger partial charge on any atom is 0.308 e. The summed E-state index contributed by atoms with van der Waals surface area (Å²) in [7, 11) is 0. The van der Waals surface area contributed by atoms with Crippen LogP contribution in [0.2, 0.25) is 5.02 Å². The van der Waals surface area contributed by atoms with Gasteiger partial charge in [-0.3, -0.25) is 4.79 Å². The molecule has 0 bridgehead atoms. The van der Waals surface area contributed by atoms with Gasteiger partial charge in [-0.1, -0.05) is 18.5 Å². The van der Waals surface area contributed by atoms with Gasteiger partial charge in [0.15, 0.2) is 0 Å². The highest BCUT2D eigenvalue weighted by atomic mass is 35.5. The fourth-order valence-electron chi connectivity index (χ4n) is 1.08. The molecule has 0 aliphatic heterocycles. The normalized spacial score (nSPS) is 11.6. The Bertz CT molecular complexity index is 440. The van der Waals surface area contributed by atoms with Crippen LogP contribution in [0.3, 0.4) is 0 Å². The number of rotatable bonds is 4. The third-order valence-corrected chi connectivity index (χ3v) is 2.45. The quantitative estimate of drug-likeness (QED) is 0.845. The maximum atomic E-state index is 10.6. The number of nitriles is 1. The molecule has 0 fully saturated rings. The van der Waals surface area contributed by atoms with Gasteiger partial charge in [-0.2, -0.15) is 5.26 Å². The first-order chi connectivity index (χ1) is 7.54. The molecule has 1 unspecified atom stereocenters. The molecule has 0 amide bonds. The summed E-state index contributed by atoms with van der Waals surface area (Å²) in [6.45, 7) is 1.86. The molecule has 0 aliphatic rings. The van der Waals surface area contributed by atoms with Gasteiger partial charge < -0.3 is 10.4 Å². The highest BCUT2D eigenvalue weighted by Crippen LogP contribution is 2.22. The fraction of sp³-hybridized carbons (Fsp3) is 0.273. The number of carboxylic acid groups (broad SMARTS) is 1. The zero-order valence-electron chi connectivity index (χ0n) is 8.70. The Balaban J connectivity index is 2.74. The molecule has 0 radical (unpaired) electrons. The number of aliphatic carboxylic acids is 1.